The number of piperazine rings is 1. The first-order chi connectivity index (χ1) is 20.7. The number of nitrogens with zero attached hydrogens (tertiary/aromatic N) is 4. The quantitative estimate of drug-likeness (QED) is 0.556. The summed E-state index contributed by atoms with van der Waals surface area (Å²) < 4.78 is 6.25. The first-order valence-corrected chi connectivity index (χ1v) is 15.5. The predicted octanol–water partition coefficient (Wildman–Crippen LogP) is 1.53. The molecule has 2 aliphatic carbocycles. The van der Waals surface area contributed by atoms with Gasteiger partial charge in [0.15, 0.2) is 0 Å². The fourth-order valence-electron chi connectivity index (χ4n) is 8.74. The number of likely N-dealkylation sites (tertiary alicyclic amines) is 1. The molecule has 10 heteroatoms. The van der Waals surface area contributed by atoms with Crippen molar-refractivity contribution in [2.75, 3.05) is 20.1 Å². The number of fused-ring (bicyclic) bond motifs is 5. The molecule has 7 aliphatic rings. The lowest BCUT2D eigenvalue weighted by atomic mass is 9.68. The highest BCUT2D eigenvalue weighted by Gasteiger charge is 2.70. The van der Waals surface area contributed by atoms with E-state index >= 15 is 0 Å². The van der Waals surface area contributed by atoms with E-state index in [4.69, 9.17) is 9.73 Å². The Kier molecular flexibility index (Phi) is 5.93. The largest absolute Gasteiger partial charge is 0.347 e. The molecule has 5 heterocycles. The second-order valence-corrected chi connectivity index (χ2v) is 13.3. The van der Waals surface area contributed by atoms with Crippen molar-refractivity contribution in [3.8, 4) is 0 Å². The average molecular weight is 584 g/mol. The molecule has 0 aromatic heterocycles. The van der Waals surface area contributed by atoms with Gasteiger partial charge in [-0.1, -0.05) is 48.6 Å². The summed E-state index contributed by atoms with van der Waals surface area (Å²) in [5.41, 5.74) is 2.90. The van der Waals surface area contributed by atoms with Crippen LogP contribution in [0.4, 0.5) is 0 Å². The number of aliphatic imine (C=N–C) groups is 1. The maximum Gasteiger partial charge on any atom is 0.280 e. The molecule has 10 nitrogen and oxygen atoms in total. The molecule has 224 valence electrons. The number of carbonyl (C=O) groups is 3. The normalized spacial score (nSPS) is 39.5. The monoisotopic (exact) mass is 583 g/mol. The van der Waals surface area contributed by atoms with E-state index in [1.807, 2.05) is 36.5 Å². The SMILES string of the molecule is CN1C[C@H](C(=O)N[C@]2(C)O[C@@]3(O)[C@@H]4CCCN4C(=O)[C@H](Cc4ccccc4)N3C2=O)CC2C3=CC=CC4N=CC(=C34)C[C@H]21. The van der Waals surface area contributed by atoms with Crippen molar-refractivity contribution < 1.29 is 24.2 Å². The number of ether oxygens (including phenoxy) is 1. The van der Waals surface area contributed by atoms with E-state index in [1.165, 1.54) is 28.5 Å². The lowest BCUT2D eigenvalue weighted by Crippen LogP contribution is -2.71. The molecule has 8 atom stereocenters. The second-order valence-electron chi connectivity index (χ2n) is 13.3. The number of carbonyl (C=O) groups excluding carboxylic acids is 3. The smallest absolute Gasteiger partial charge is 0.280 e. The summed E-state index contributed by atoms with van der Waals surface area (Å²) in [4.78, 5) is 51.7. The fraction of sp³-hybridized carbons (Fsp3) is 0.515. The Morgan fingerprint density at radius 2 is 2.05 bits per heavy atom. The molecule has 0 radical (unpaired) electrons. The number of aliphatic hydroxyl groups is 1. The number of nitrogens with one attached hydrogen (secondary N) is 1. The summed E-state index contributed by atoms with van der Waals surface area (Å²) in [6.45, 7) is 2.55. The number of amides is 3. The Morgan fingerprint density at radius 3 is 2.86 bits per heavy atom. The lowest BCUT2D eigenvalue weighted by molar-refractivity contribution is -0.315. The van der Waals surface area contributed by atoms with Crippen LogP contribution in [0.15, 0.2) is 70.3 Å². The summed E-state index contributed by atoms with van der Waals surface area (Å²) in [6, 6.07) is 8.19. The van der Waals surface area contributed by atoms with Gasteiger partial charge in [0, 0.05) is 37.7 Å². The van der Waals surface area contributed by atoms with E-state index < -0.39 is 29.6 Å². The minimum absolute atomic E-state index is 0.0683. The summed E-state index contributed by atoms with van der Waals surface area (Å²) in [7, 11) is 2.06. The standard InChI is InChI=1S/C33H37N5O5/c1-32(35-29(39)21-15-23-22-10-6-11-24-28(22)20(17-34-24)16-25(23)36(2)18-21)31(41)38-26(14-19-8-4-3-5-9-19)30(40)37-13-7-12-27(37)33(38,42)43-32/h3-6,8-11,17,21,23-27,42H,7,12-16,18H2,1-2H3,(H,35,39)/t21-,23?,24?,25-,26+,27+,32-,33+/m1/s1. The molecule has 2 N–H and O–H groups in total. The molecule has 2 unspecified atom stereocenters. The Bertz CT molecular complexity index is 1530. The van der Waals surface area contributed by atoms with E-state index in [0.717, 1.165) is 12.0 Å². The molecule has 3 amide bonds. The number of rotatable bonds is 4. The van der Waals surface area contributed by atoms with Crippen molar-refractivity contribution in [3.63, 3.8) is 0 Å². The molecular weight excluding hydrogens is 546 g/mol. The van der Waals surface area contributed by atoms with Gasteiger partial charge in [-0.3, -0.25) is 29.0 Å². The number of hydrogen-bond acceptors (Lipinski definition) is 7. The van der Waals surface area contributed by atoms with Crippen LogP contribution in [0.3, 0.4) is 0 Å². The van der Waals surface area contributed by atoms with Crippen LogP contribution in [0.5, 0.6) is 0 Å². The highest BCUT2D eigenvalue weighted by Crippen LogP contribution is 2.48. The molecular formula is C33H37N5O5. The van der Waals surface area contributed by atoms with Crippen LogP contribution in [-0.4, -0.2) is 99.7 Å². The van der Waals surface area contributed by atoms with Gasteiger partial charge in [0.05, 0.1) is 12.0 Å². The van der Waals surface area contributed by atoms with Crippen molar-refractivity contribution >= 4 is 23.9 Å². The first kappa shape index (κ1) is 27.0. The van der Waals surface area contributed by atoms with Gasteiger partial charge >= 0.3 is 0 Å². The molecule has 1 aromatic rings. The highest BCUT2D eigenvalue weighted by atomic mass is 16.7. The van der Waals surface area contributed by atoms with E-state index in [9.17, 15) is 19.5 Å². The molecule has 0 spiro atoms. The van der Waals surface area contributed by atoms with E-state index in [1.54, 1.807) is 4.90 Å². The third kappa shape index (κ3) is 3.89. The molecule has 43 heavy (non-hydrogen) atoms. The highest BCUT2D eigenvalue weighted by molar-refractivity contribution is 5.97. The molecule has 1 aromatic carbocycles. The van der Waals surface area contributed by atoms with Crippen molar-refractivity contribution in [2.45, 2.75) is 74.8 Å². The van der Waals surface area contributed by atoms with Crippen LogP contribution in [0.1, 0.15) is 38.2 Å². The maximum atomic E-state index is 14.2. The van der Waals surface area contributed by atoms with Gasteiger partial charge in [0.1, 0.15) is 12.1 Å². The van der Waals surface area contributed by atoms with Gasteiger partial charge in [-0.2, -0.15) is 0 Å². The van der Waals surface area contributed by atoms with Gasteiger partial charge in [-0.05, 0) is 61.9 Å². The van der Waals surface area contributed by atoms with Crippen molar-refractivity contribution in [1.82, 2.24) is 20.0 Å². The third-order valence-electron chi connectivity index (χ3n) is 10.7. The molecule has 5 aliphatic heterocycles. The van der Waals surface area contributed by atoms with Gasteiger partial charge in [-0.15, -0.1) is 0 Å². The Labute approximate surface area is 250 Å². The van der Waals surface area contributed by atoms with Crippen molar-refractivity contribution in [1.29, 1.82) is 0 Å². The van der Waals surface area contributed by atoms with Crippen LogP contribution in [-0.2, 0) is 25.5 Å². The number of piperidine rings is 1. The Morgan fingerprint density at radius 1 is 1.23 bits per heavy atom. The van der Waals surface area contributed by atoms with Gasteiger partial charge in [0.25, 0.3) is 11.8 Å². The van der Waals surface area contributed by atoms with E-state index in [-0.39, 0.29) is 42.2 Å². The summed E-state index contributed by atoms with van der Waals surface area (Å²) in [6.07, 6.45) is 11.4. The first-order valence-electron chi connectivity index (χ1n) is 15.5. The third-order valence-corrected chi connectivity index (χ3v) is 10.7. The molecule has 8 rings (SSSR count). The lowest BCUT2D eigenvalue weighted by Gasteiger charge is -2.48. The zero-order valence-electron chi connectivity index (χ0n) is 24.5. The van der Waals surface area contributed by atoms with Crippen LogP contribution in [0.2, 0.25) is 0 Å². The van der Waals surface area contributed by atoms with Crippen LogP contribution >= 0.6 is 0 Å². The number of hydrogen-bond donors (Lipinski definition) is 2. The van der Waals surface area contributed by atoms with E-state index in [0.29, 0.717) is 32.4 Å². The maximum absolute atomic E-state index is 14.2. The second kappa shape index (κ2) is 9.45. The van der Waals surface area contributed by atoms with Crippen LogP contribution < -0.4 is 5.32 Å². The number of benzene rings is 1. The van der Waals surface area contributed by atoms with Crippen LogP contribution in [0.25, 0.3) is 0 Å². The van der Waals surface area contributed by atoms with Gasteiger partial charge in [0.2, 0.25) is 17.5 Å². The Hall–Kier alpha value is -3.60. The predicted molar refractivity (Wildman–Crippen MR) is 157 cm³/mol. The summed E-state index contributed by atoms with van der Waals surface area (Å²) in [5, 5.41) is 15.0. The minimum Gasteiger partial charge on any atom is -0.347 e. The number of allylic oxidation sites excluding steroid dienone is 2. The fourth-order valence-corrected chi connectivity index (χ4v) is 8.74. The molecule has 0 saturated carbocycles. The average Bonchev–Trinajstić information content (AvgIpc) is 3.70. The zero-order chi connectivity index (χ0) is 29.7. The molecule has 4 fully saturated rings. The molecule has 0 bridgehead atoms. The Balaban J connectivity index is 1.06. The topological polar surface area (TPSA) is 115 Å². The summed E-state index contributed by atoms with van der Waals surface area (Å²) in [5.74, 6) is -3.31. The van der Waals surface area contributed by atoms with Crippen LogP contribution in [0, 0.1) is 11.8 Å². The minimum atomic E-state index is -2.03. The van der Waals surface area contributed by atoms with E-state index in [2.05, 4.69) is 35.5 Å². The molecule has 4 saturated heterocycles. The zero-order valence-corrected chi connectivity index (χ0v) is 24.5. The summed E-state index contributed by atoms with van der Waals surface area (Å²) >= 11 is 0. The van der Waals surface area contributed by atoms with Crippen molar-refractivity contribution in [2.24, 2.45) is 16.8 Å². The van der Waals surface area contributed by atoms with Gasteiger partial charge in [-0.25, -0.2) is 0 Å². The van der Waals surface area contributed by atoms with Gasteiger partial charge < -0.3 is 20.2 Å². The van der Waals surface area contributed by atoms with Crippen molar-refractivity contribution in [3.05, 3.63) is 70.8 Å².